The Morgan fingerprint density at radius 1 is 1.28 bits per heavy atom. The Morgan fingerprint density at radius 2 is 2.04 bits per heavy atom. The van der Waals surface area contributed by atoms with Crippen LogP contribution in [0.3, 0.4) is 0 Å². The maximum atomic E-state index is 12.6. The lowest BCUT2D eigenvalue weighted by Gasteiger charge is -2.16. The van der Waals surface area contributed by atoms with Crippen LogP contribution in [0.2, 0.25) is 5.02 Å². The minimum absolute atomic E-state index is 0.115. The number of nitrogens with one attached hydrogen (secondary N) is 1. The third kappa shape index (κ3) is 4.51. The zero-order chi connectivity index (χ0) is 17.9. The maximum absolute atomic E-state index is 12.6. The van der Waals surface area contributed by atoms with Crippen LogP contribution in [0.1, 0.15) is 36.8 Å². The normalized spacial score (nSPS) is 15.4. The summed E-state index contributed by atoms with van der Waals surface area (Å²) in [4.78, 5) is 4.45. The van der Waals surface area contributed by atoms with Gasteiger partial charge < -0.3 is 4.74 Å². The van der Waals surface area contributed by atoms with E-state index < -0.39 is 10.0 Å². The molecule has 0 saturated heterocycles. The highest BCUT2D eigenvalue weighted by atomic mass is 35.5. The third-order valence-electron chi connectivity index (χ3n) is 4.32. The van der Waals surface area contributed by atoms with Crippen molar-refractivity contribution in [3.05, 3.63) is 52.7 Å². The number of nitrogens with zero attached hydrogens (tertiary/aromatic N) is 1. The van der Waals surface area contributed by atoms with Gasteiger partial charge in [0.25, 0.3) is 0 Å². The van der Waals surface area contributed by atoms with Gasteiger partial charge in [0.15, 0.2) is 0 Å². The Labute approximate surface area is 153 Å². The summed E-state index contributed by atoms with van der Waals surface area (Å²) in [7, 11) is -3.67. The first-order chi connectivity index (χ1) is 12.0. The quantitative estimate of drug-likeness (QED) is 0.826. The lowest BCUT2D eigenvalue weighted by Crippen LogP contribution is -2.25. The summed E-state index contributed by atoms with van der Waals surface area (Å²) in [6, 6.07) is 8.42. The van der Waals surface area contributed by atoms with Gasteiger partial charge in [-0.1, -0.05) is 23.7 Å². The molecule has 25 heavy (non-hydrogen) atoms. The molecule has 1 fully saturated rings. The van der Waals surface area contributed by atoms with E-state index in [9.17, 15) is 8.42 Å². The fourth-order valence-electron chi connectivity index (χ4n) is 2.94. The van der Waals surface area contributed by atoms with Gasteiger partial charge in [-0.2, -0.15) is 0 Å². The molecule has 134 valence electrons. The van der Waals surface area contributed by atoms with Crippen LogP contribution in [0.4, 0.5) is 0 Å². The average Bonchev–Trinajstić information content (AvgIpc) is 3.09. The molecule has 1 aromatic carbocycles. The minimum Gasteiger partial charge on any atom is -0.474 e. The molecule has 0 unspecified atom stereocenters. The van der Waals surface area contributed by atoms with Gasteiger partial charge in [-0.15, -0.1) is 0 Å². The van der Waals surface area contributed by atoms with Gasteiger partial charge in [-0.05, 0) is 56.4 Å². The fraction of sp³-hybridized carbons (Fsp3) is 0.389. The lowest BCUT2D eigenvalue weighted by molar-refractivity contribution is 0.199. The maximum Gasteiger partial charge on any atom is 0.241 e. The Kier molecular flexibility index (Phi) is 5.61. The number of pyridine rings is 1. The Balaban J connectivity index is 1.75. The van der Waals surface area contributed by atoms with Crippen LogP contribution in [0, 0.1) is 6.92 Å². The summed E-state index contributed by atoms with van der Waals surface area (Å²) in [5.74, 6) is 0.500. The number of sulfonamides is 1. The summed E-state index contributed by atoms with van der Waals surface area (Å²) in [6.45, 7) is 1.85. The topological polar surface area (TPSA) is 68.3 Å². The highest BCUT2D eigenvalue weighted by Gasteiger charge is 2.21. The van der Waals surface area contributed by atoms with Crippen molar-refractivity contribution in [2.45, 2.75) is 50.2 Å². The van der Waals surface area contributed by atoms with Crippen LogP contribution >= 0.6 is 11.6 Å². The van der Waals surface area contributed by atoms with E-state index in [2.05, 4.69) is 9.71 Å². The zero-order valence-electron chi connectivity index (χ0n) is 14.0. The van der Waals surface area contributed by atoms with Crippen molar-refractivity contribution in [1.29, 1.82) is 0 Å². The number of hydrogen-bond donors (Lipinski definition) is 1. The molecule has 0 radical (unpaired) electrons. The average molecular weight is 381 g/mol. The largest absolute Gasteiger partial charge is 0.474 e. The Hall–Kier alpha value is -1.63. The van der Waals surface area contributed by atoms with E-state index in [0.29, 0.717) is 16.5 Å². The van der Waals surface area contributed by atoms with Crippen LogP contribution in [0.25, 0.3) is 0 Å². The summed E-state index contributed by atoms with van der Waals surface area (Å²) >= 11 is 5.94. The third-order valence-corrected chi connectivity index (χ3v) is 6.10. The van der Waals surface area contributed by atoms with Gasteiger partial charge in [-0.3, -0.25) is 0 Å². The molecule has 7 heteroatoms. The van der Waals surface area contributed by atoms with E-state index >= 15 is 0 Å². The molecule has 0 bridgehead atoms. The second-order valence-electron chi connectivity index (χ2n) is 6.23. The van der Waals surface area contributed by atoms with Gasteiger partial charge in [0.2, 0.25) is 15.9 Å². The zero-order valence-corrected chi connectivity index (χ0v) is 15.6. The van der Waals surface area contributed by atoms with Crippen molar-refractivity contribution in [3.8, 4) is 5.88 Å². The van der Waals surface area contributed by atoms with E-state index in [1.807, 2.05) is 6.07 Å². The molecule has 0 aliphatic heterocycles. The number of ether oxygens (including phenoxy) is 1. The van der Waals surface area contributed by atoms with Gasteiger partial charge in [0.1, 0.15) is 6.10 Å². The van der Waals surface area contributed by atoms with Crippen LogP contribution in [0.15, 0.2) is 41.4 Å². The van der Waals surface area contributed by atoms with E-state index in [0.717, 1.165) is 31.2 Å². The monoisotopic (exact) mass is 380 g/mol. The predicted molar refractivity (Wildman–Crippen MR) is 97.3 cm³/mol. The molecule has 0 amide bonds. The van der Waals surface area contributed by atoms with E-state index in [-0.39, 0.29) is 17.5 Å². The molecular weight excluding hydrogens is 360 g/mol. The number of aryl methyl sites for hydroxylation is 1. The fourth-order valence-corrected chi connectivity index (χ4v) is 4.45. The van der Waals surface area contributed by atoms with Gasteiger partial charge in [0.05, 0.1) is 4.90 Å². The van der Waals surface area contributed by atoms with E-state index in [4.69, 9.17) is 16.3 Å². The van der Waals surface area contributed by atoms with Gasteiger partial charge >= 0.3 is 0 Å². The summed E-state index contributed by atoms with van der Waals surface area (Å²) < 4.78 is 33.8. The number of hydrogen-bond acceptors (Lipinski definition) is 4. The van der Waals surface area contributed by atoms with E-state index in [1.165, 1.54) is 6.07 Å². The second kappa shape index (κ2) is 7.72. The van der Waals surface area contributed by atoms with Gasteiger partial charge in [-0.25, -0.2) is 18.1 Å². The van der Waals surface area contributed by atoms with Crippen LogP contribution in [-0.4, -0.2) is 19.5 Å². The number of benzene rings is 1. The number of rotatable bonds is 6. The predicted octanol–water partition coefficient (Wildman–Crippen LogP) is 3.84. The first-order valence-corrected chi connectivity index (χ1v) is 10.2. The Bertz CT molecular complexity index is 849. The van der Waals surface area contributed by atoms with Crippen LogP contribution in [0.5, 0.6) is 5.88 Å². The first kappa shape index (κ1) is 18.2. The molecule has 1 aliphatic carbocycles. The number of aromatic nitrogens is 1. The van der Waals surface area contributed by atoms with Crippen LogP contribution in [-0.2, 0) is 16.6 Å². The standard InChI is InChI=1S/C18H21ClN2O3S/c1-13-8-9-15(19)11-17(13)25(22,23)21-12-14-5-4-10-20-18(14)24-16-6-2-3-7-16/h4-5,8-11,16,21H,2-3,6-7,12H2,1H3. The summed E-state index contributed by atoms with van der Waals surface area (Å²) in [5.41, 5.74) is 1.36. The molecule has 1 aliphatic rings. The smallest absolute Gasteiger partial charge is 0.241 e. The lowest BCUT2D eigenvalue weighted by atomic mass is 10.2. The molecule has 0 atom stereocenters. The summed E-state index contributed by atoms with van der Waals surface area (Å²) in [5, 5.41) is 0.387. The first-order valence-electron chi connectivity index (χ1n) is 8.32. The molecule has 0 spiro atoms. The SMILES string of the molecule is Cc1ccc(Cl)cc1S(=O)(=O)NCc1cccnc1OC1CCCC1. The molecule has 2 aromatic rings. The van der Waals surface area contributed by atoms with E-state index in [1.54, 1.807) is 31.3 Å². The van der Waals surface area contributed by atoms with Gasteiger partial charge in [0, 0.05) is 23.3 Å². The van der Waals surface area contributed by atoms with Crippen molar-refractivity contribution < 1.29 is 13.2 Å². The molecule has 3 rings (SSSR count). The Morgan fingerprint density at radius 3 is 2.80 bits per heavy atom. The van der Waals surface area contributed by atoms with Crippen molar-refractivity contribution in [2.24, 2.45) is 0 Å². The highest BCUT2D eigenvalue weighted by Crippen LogP contribution is 2.25. The van der Waals surface area contributed by atoms with Crippen molar-refractivity contribution in [3.63, 3.8) is 0 Å². The molecule has 1 saturated carbocycles. The highest BCUT2D eigenvalue weighted by molar-refractivity contribution is 7.89. The molecule has 1 N–H and O–H groups in total. The van der Waals surface area contributed by atoms with Crippen LogP contribution < -0.4 is 9.46 Å². The molecule has 5 nitrogen and oxygen atoms in total. The molecule has 1 heterocycles. The van der Waals surface area contributed by atoms with Crippen molar-refractivity contribution in [2.75, 3.05) is 0 Å². The number of halogens is 1. The summed E-state index contributed by atoms with van der Waals surface area (Å²) in [6.07, 6.45) is 6.18. The minimum atomic E-state index is -3.67. The second-order valence-corrected chi connectivity index (χ2v) is 8.40. The molecule has 1 aromatic heterocycles. The molecular formula is C18H21ClN2O3S. The van der Waals surface area contributed by atoms with Crippen molar-refractivity contribution in [1.82, 2.24) is 9.71 Å². The van der Waals surface area contributed by atoms with Crippen molar-refractivity contribution >= 4 is 21.6 Å².